The first-order valence-corrected chi connectivity index (χ1v) is 9.29. The zero-order valence-electron chi connectivity index (χ0n) is 16.3. The number of anilines is 1. The first kappa shape index (κ1) is 18.1. The van der Waals surface area contributed by atoms with Crippen LogP contribution in [0.15, 0.2) is 52.8 Å². The van der Waals surface area contributed by atoms with E-state index in [0.29, 0.717) is 0 Å². The van der Waals surface area contributed by atoms with Crippen molar-refractivity contribution in [3.63, 3.8) is 0 Å². The second-order valence-electron chi connectivity index (χ2n) is 6.75. The van der Waals surface area contributed by atoms with E-state index >= 15 is 0 Å². The van der Waals surface area contributed by atoms with Crippen LogP contribution in [0.2, 0.25) is 0 Å². The number of fused-ring (bicyclic) bond motifs is 1. The first-order valence-electron chi connectivity index (χ1n) is 9.29. The van der Waals surface area contributed by atoms with Crippen LogP contribution in [0, 0.1) is 6.92 Å². The molecule has 0 unspecified atom stereocenters. The summed E-state index contributed by atoms with van der Waals surface area (Å²) < 4.78 is 2.00. The zero-order chi connectivity index (χ0) is 18.7. The van der Waals surface area contributed by atoms with Crippen molar-refractivity contribution in [2.24, 2.45) is 10.2 Å². The van der Waals surface area contributed by atoms with Crippen LogP contribution in [0.5, 0.6) is 0 Å². The van der Waals surface area contributed by atoms with E-state index in [4.69, 9.17) is 4.98 Å². The van der Waals surface area contributed by atoms with Gasteiger partial charge in [0.05, 0.1) is 11.4 Å². The molecule has 0 bridgehead atoms. The molecular formula is C21H27N5. The van der Waals surface area contributed by atoms with Gasteiger partial charge < -0.3 is 4.90 Å². The molecule has 0 aliphatic carbocycles. The molecule has 136 valence electrons. The predicted octanol–water partition coefficient (Wildman–Crippen LogP) is 6.03. The largest absolute Gasteiger partial charge is 0.372 e. The molecule has 0 atom stereocenters. The summed E-state index contributed by atoms with van der Waals surface area (Å²) in [5, 5.41) is 9.11. The SMILES string of the molecule is CCN(CC)c1ccc(N=Nc2c(C(C)C)nc3ccccn23)c(C)c1. The number of hydrogen-bond acceptors (Lipinski definition) is 4. The highest BCUT2D eigenvalue weighted by Crippen LogP contribution is 2.31. The summed E-state index contributed by atoms with van der Waals surface area (Å²) in [5.41, 5.74) is 5.11. The van der Waals surface area contributed by atoms with E-state index < -0.39 is 0 Å². The minimum Gasteiger partial charge on any atom is -0.372 e. The van der Waals surface area contributed by atoms with Crippen molar-refractivity contribution in [2.75, 3.05) is 18.0 Å². The summed E-state index contributed by atoms with van der Waals surface area (Å²) >= 11 is 0. The van der Waals surface area contributed by atoms with Gasteiger partial charge in [-0.15, -0.1) is 10.2 Å². The maximum absolute atomic E-state index is 4.71. The van der Waals surface area contributed by atoms with Crippen molar-refractivity contribution in [3.8, 4) is 0 Å². The second kappa shape index (κ2) is 7.68. The number of benzene rings is 1. The molecule has 0 radical (unpaired) electrons. The van der Waals surface area contributed by atoms with Crippen molar-refractivity contribution in [1.29, 1.82) is 0 Å². The van der Waals surface area contributed by atoms with Crippen LogP contribution in [0.25, 0.3) is 5.65 Å². The molecule has 0 N–H and O–H groups in total. The molecule has 2 aromatic heterocycles. The number of imidazole rings is 1. The monoisotopic (exact) mass is 349 g/mol. The van der Waals surface area contributed by atoms with Crippen molar-refractivity contribution in [1.82, 2.24) is 9.38 Å². The van der Waals surface area contributed by atoms with E-state index in [1.54, 1.807) is 0 Å². The van der Waals surface area contributed by atoms with E-state index in [-0.39, 0.29) is 5.92 Å². The molecule has 0 fully saturated rings. The van der Waals surface area contributed by atoms with Crippen molar-refractivity contribution < 1.29 is 0 Å². The molecule has 0 saturated heterocycles. The highest BCUT2D eigenvalue weighted by atomic mass is 15.2. The molecule has 26 heavy (non-hydrogen) atoms. The molecule has 1 aromatic carbocycles. The van der Waals surface area contributed by atoms with Crippen LogP contribution in [0.1, 0.15) is 44.9 Å². The van der Waals surface area contributed by atoms with Crippen molar-refractivity contribution in [2.45, 2.75) is 40.5 Å². The van der Waals surface area contributed by atoms with Crippen molar-refractivity contribution >= 4 is 22.8 Å². The third-order valence-corrected chi connectivity index (χ3v) is 4.64. The Morgan fingerprint density at radius 2 is 1.85 bits per heavy atom. The van der Waals surface area contributed by atoms with E-state index in [9.17, 15) is 0 Å². The number of pyridine rings is 1. The Labute approximate surface area is 155 Å². The third kappa shape index (κ3) is 3.47. The van der Waals surface area contributed by atoms with Gasteiger partial charge in [0.1, 0.15) is 5.65 Å². The molecule has 0 amide bonds. The summed E-state index contributed by atoms with van der Waals surface area (Å²) in [7, 11) is 0. The minimum absolute atomic E-state index is 0.287. The second-order valence-corrected chi connectivity index (χ2v) is 6.75. The van der Waals surface area contributed by atoms with Gasteiger partial charge in [0.25, 0.3) is 0 Å². The molecular weight excluding hydrogens is 322 g/mol. The standard InChI is InChI=1S/C21H27N5/c1-6-25(7-2)17-11-12-18(16(5)14-17)23-24-21-20(15(3)4)22-19-10-8-9-13-26(19)21/h8-15H,6-7H2,1-5H3. The highest BCUT2D eigenvalue weighted by molar-refractivity contribution is 5.58. The molecule has 0 aliphatic heterocycles. The lowest BCUT2D eigenvalue weighted by Crippen LogP contribution is -2.21. The Kier molecular flexibility index (Phi) is 5.35. The molecule has 3 rings (SSSR count). The lowest BCUT2D eigenvalue weighted by Gasteiger charge is -2.21. The van der Waals surface area contributed by atoms with Gasteiger partial charge in [-0.3, -0.25) is 4.40 Å². The fraction of sp³-hybridized carbons (Fsp3) is 0.381. The van der Waals surface area contributed by atoms with Crippen LogP contribution >= 0.6 is 0 Å². The number of hydrogen-bond donors (Lipinski definition) is 0. The fourth-order valence-electron chi connectivity index (χ4n) is 3.13. The maximum atomic E-state index is 4.71. The molecule has 5 heteroatoms. The number of rotatable bonds is 6. The molecule has 0 spiro atoms. The van der Waals surface area contributed by atoms with Gasteiger partial charge in [0.2, 0.25) is 0 Å². The van der Waals surface area contributed by atoms with Gasteiger partial charge in [0.15, 0.2) is 5.82 Å². The van der Waals surface area contributed by atoms with Gasteiger partial charge in [-0.1, -0.05) is 19.9 Å². The van der Waals surface area contributed by atoms with Crippen LogP contribution in [-0.4, -0.2) is 22.5 Å². The Morgan fingerprint density at radius 1 is 1.08 bits per heavy atom. The smallest absolute Gasteiger partial charge is 0.183 e. The average molecular weight is 349 g/mol. The fourth-order valence-corrected chi connectivity index (χ4v) is 3.13. The Hall–Kier alpha value is -2.69. The van der Waals surface area contributed by atoms with Gasteiger partial charge in [0, 0.05) is 25.0 Å². The summed E-state index contributed by atoms with van der Waals surface area (Å²) in [6.45, 7) is 12.7. The number of aromatic nitrogens is 2. The van der Waals surface area contributed by atoms with Gasteiger partial charge >= 0.3 is 0 Å². The number of aryl methyl sites for hydroxylation is 1. The topological polar surface area (TPSA) is 45.3 Å². The summed E-state index contributed by atoms with van der Waals surface area (Å²) in [5.74, 6) is 1.10. The maximum Gasteiger partial charge on any atom is 0.183 e. The summed E-state index contributed by atoms with van der Waals surface area (Å²) in [6, 6.07) is 12.3. The van der Waals surface area contributed by atoms with E-state index in [0.717, 1.165) is 41.5 Å². The molecule has 0 saturated carbocycles. The molecule has 5 nitrogen and oxygen atoms in total. The Morgan fingerprint density at radius 3 is 2.50 bits per heavy atom. The van der Waals surface area contributed by atoms with E-state index in [1.165, 1.54) is 5.69 Å². The van der Waals surface area contributed by atoms with Gasteiger partial charge in [-0.25, -0.2) is 4.98 Å². The van der Waals surface area contributed by atoms with E-state index in [1.807, 2.05) is 34.9 Å². The number of azo groups is 1. The quantitative estimate of drug-likeness (QED) is 0.510. The highest BCUT2D eigenvalue weighted by Gasteiger charge is 2.14. The lowest BCUT2D eigenvalue weighted by molar-refractivity contribution is 0.831. The van der Waals surface area contributed by atoms with Crippen LogP contribution < -0.4 is 4.90 Å². The first-order chi connectivity index (χ1) is 12.5. The van der Waals surface area contributed by atoms with Crippen LogP contribution in [0.3, 0.4) is 0 Å². The number of nitrogens with zero attached hydrogens (tertiary/aromatic N) is 5. The average Bonchev–Trinajstić information content (AvgIpc) is 3.01. The lowest BCUT2D eigenvalue weighted by atomic mass is 10.1. The molecule has 2 heterocycles. The van der Waals surface area contributed by atoms with Gasteiger partial charge in [-0.05, 0) is 62.6 Å². The minimum atomic E-state index is 0.287. The van der Waals surface area contributed by atoms with Crippen molar-refractivity contribution in [3.05, 3.63) is 53.9 Å². The summed E-state index contributed by atoms with van der Waals surface area (Å²) in [6.07, 6.45) is 1.99. The van der Waals surface area contributed by atoms with Crippen LogP contribution in [-0.2, 0) is 0 Å². The molecule has 0 aliphatic rings. The predicted molar refractivity (Wildman–Crippen MR) is 108 cm³/mol. The normalized spacial score (nSPS) is 11.8. The van der Waals surface area contributed by atoms with Gasteiger partial charge in [-0.2, -0.15) is 0 Å². The summed E-state index contributed by atoms with van der Waals surface area (Å²) in [4.78, 5) is 7.04. The van der Waals surface area contributed by atoms with Crippen LogP contribution in [0.4, 0.5) is 17.2 Å². The Bertz CT molecular complexity index is 919. The zero-order valence-corrected chi connectivity index (χ0v) is 16.3. The molecule has 3 aromatic rings. The Balaban J connectivity index is 1.98. The third-order valence-electron chi connectivity index (χ3n) is 4.64. The van der Waals surface area contributed by atoms with E-state index in [2.05, 4.69) is 61.9 Å².